The normalized spacial score (nSPS) is 15.4. The van der Waals surface area contributed by atoms with E-state index in [1.54, 1.807) is 0 Å². The van der Waals surface area contributed by atoms with Crippen LogP contribution in [0.1, 0.15) is 45.1 Å². The summed E-state index contributed by atoms with van der Waals surface area (Å²) in [5, 5.41) is 5.11. The zero-order chi connectivity index (χ0) is 19.1. The molecular weight excluding hydrogens is 344 g/mol. The van der Waals surface area contributed by atoms with Gasteiger partial charge in [0, 0.05) is 16.6 Å². The molecule has 3 rings (SSSR count). The molecule has 1 aromatic carbocycles. The number of hydrogen-bond acceptors (Lipinski definition) is 4. The van der Waals surface area contributed by atoms with Gasteiger partial charge in [-0.15, -0.1) is 11.3 Å². The van der Waals surface area contributed by atoms with Crippen LogP contribution in [0.25, 0.3) is 5.57 Å². The number of rotatable bonds is 4. The van der Waals surface area contributed by atoms with Crippen molar-refractivity contribution in [3.8, 4) is 0 Å². The van der Waals surface area contributed by atoms with Crippen LogP contribution in [0.4, 0.5) is 5.69 Å². The fraction of sp³-hybridized carbons (Fsp3) is 0.333. The lowest BCUT2D eigenvalue weighted by Gasteiger charge is -2.20. The van der Waals surface area contributed by atoms with Crippen LogP contribution in [0.2, 0.25) is 0 Å². The smallest absolute Gasteiger partial charge is 0.278 e. The van der Waals surface area contributed by atoms with Gasteiger partial charge in [0.25, 0.3) is 11.8 Å². The number of nitrogens with one attached hydrogen (secondary N) is 1. The Morgan fingerprint density at radius 1 is 1.00 bits per heavy atom. The van der Waals surface area contributed by atoms with Crippen LogP contribution in [-0.4, -0.2) is 22.8 Å². The van der Waals surface area contributed by atoms with Gasteiger partial charge in [-0.2, -0.15) is 0 Å². The molecule has 2 heterocycles. The molecule has 1 aliphatic heterocycles. The third kappa shape index (κ3) is 3.31. The van der Waals surface area contributed by atoms with Crippen molar-refractivity contribution in [3.63, 3.8) is 0 Å². The number of benzene rings is 1. The summed E-state index contributed by atoms with van der Waals surface area (Å²) in [5.41, 5.74) is 2.89. The second-order valence-electron chi connectivity index (χ2n) is 7.75. The molecule has 0 aliphatic carbocycles. The molecule has 0 atom stereocenters. The second kappa shape index (κ2) is 6.72. The molecule has 26 heavy (non-hydrogen) atoms. The number of carbonyl (C=O) groups is 2. The first-order valence-corrected chi connectivity index (χ1v) is 9.61. The molecule has 136 valence electrons. The van der Waals surface area contributed by atoms with Gasteiger partial charge in [-0.25, -0.2) is 0 Å². The third-order valence-corrected chi connectivity index (χ3v) is 5.31. The Labute approximate surface area is 158 Å². The monoisotopic (exact) mass is 368 g/mol. The molecule has 0 unspecified atom stereocenters. The molecule has 1 aliphatic rings. The number of anilines is 1. The SMILES string of the molecule is CC(C)N1C(=O)C(Nc2ccc(C(C)(C)C)cc2)=C(c2cccs2)C1=O. The summed E-state index contributed by atoms with van der Waals surface area (Å²) in [6, 6.07) is 11.6. The van der Waals surface area contributed by atoms with Crippen molar-refractivity contribution in [2.45, 2.75) is 46.1 Å². The Balaban J connectivity index is 1.99. The van der Waals surface area contributed by atoms with Crippen molar-refractivity contribution in [2.75, 3.05) is 5.32 Å². The number of carbonyl (C=O) groups excluding carboxylic acids is 2. The van der Waals surface area contributed by atoms with Crippen molar-refractivity contribution in [1.82, 2.24) is 4.90 Å². The first-order chi connectivity index (χ1) is 12.2. The van der Waals surface area contributed by atoms with Crippen LogP contribution in [0.15, 0.2) is 47.5 Å². The number of thiophene rings is 1. The van der Waals surface area contributed by atoms with Crippen molar-refractivity contribution in [3.05, 3.63) is 57.9 Å². The molecule has 0 saturated heterocycles. The molecule has 0 saturated carbocycles. The van der Waals surface area contributed by atoms with Crippen LogP contribution in [0.5, 0.6) is 0 Å². The highest BCUT2D eigenvalue weighted by molar-refractivity contribution is 7.11. The highest BCUT2D eigenvalue weighted by Crippen LogP contribution is 2.34. The minimum atomic E-state index is -0.270. The van der Waals surface area contributed by atoms with Crippen LogP contribution < -0.4 is 5.32 Å². The average Bonchev–Trinajstić information content (AvgIpc) is 3.14. The van der Waals surface area contributed by atoms with Crippen LogP contribution in [-0.2, 0) is 15.0 Å². The summed E-state index contributed by atoms with van der Waals surface area (Å²) < 4.78 is 0. The highest BCUT2D eigenvalue weighted by atomic mass is 32.1. The summed E-state index contributed by atoms with van der Waals surface area (Å²) in [5.74, 6) is -0.505. The molecule has 5 heteroatoms. The average molecular weight is 369 g/mol. The van der Waals surface area contributed by atoms with Gasteiger partial charge < -0.3 is 5.32 Å². The van der Waals surface area contributed by atoms with E-state index in [0.29, 0.717) is 11.3 Å². The van der Waals surface area contributed by atoms with E-state index in [1.807, 2.05) is 43.5 Å². The predicted molar refractivity (Wildman–Crippen MR) is 107 cm³/mol. The third-order valence-electron chi connectivity index (χ3n) is 4.42. The Hall–Kier alpha value is -2.40. The molecular formula is C21H24N2O2S. The Bertz CT molecular complexity index is 856. The van der Waals surface area contributed by atoms with Crippen molar-refractivity contribution < 1.29 is 9.59 Å². The lowest BCUT2D eigenvalue weighted by Crippen LogP contribution is -2.38. The molecule has 0 spiro atoms. The Kier molecular flexibility index (Phi) is 4.76. The van der Waals surface area contributed by atoms with E-state index in [9.17, 15) is 9.59 Å². The maximum Gasteiger partial charge on any atom is 0.278 e. The standard InChI is InChI=1S/C21H24N2O2S/c1-13(2)23-19(24)17(16-7-6-12-26-16)18(20(23)25)22-15-10-8-14(9-11-15)21(3,4)5/h6-13,22H,1-5H3. The van der Waals surface area contributed by atoms with Gasteiger partial charge in [0.05, 0.1) is 5.57 Å². The second-order valence-corrected chi connectivity index (χ2v) is 8.70. The fourth-order valence-corrected chi connectivity index (χ4v) is 3.75. The van der Waals surface area contributed by atoms with Crippen molar-refractivity contribution in [1.29, 1.82) is 0 Å². The van der Waals surface area contributed by atoms with Crippen LogP contribution in [0, 0.1) is 0 Å². The van der Waals surface area contributed by atoms with Gasteiger partial charge in [-0.05, 0) is 48.4 Å². The van der Waals surface area contributed by atoms with Gasteiger partial charge in [-0.3, -0.25) is 14.5 Å². The quantitative estimate of drug-likeness (QED) is 0.800. The number of hydrogen-bond donors (Lipinski definition) is 1. The Morgan fingerprint density at radius 2 is 1.65 bits per heavy atom. The molecule has 0 radical (unpaired) electrons. The molecule has 1 aromatic heterocycles. The summed E-state index contributed by atoms with van der Waals surface area (Å²) in [7, 11) is 0. The minimum absolute atomic E-state index is 0.0630. The van der Waals surface area contributed by atoms with E-state index < -0.39 is 0 Å². The molecule has 2 amide bonds. The number of nitrogens with zero attached hydrogens (tertiary/aromatic N) is 1. The molecule has 0 bridgehead atoms. The Morgan fingerprint density at radius 3 is 2.15 bits per heavy atom. The van der Waals surface area contributed by atoms with Gasteiger partial charge in [-0.1, -0.05) is 39.0 Å². The van der Waals surface area contributed by atoms with E-state index in [2.05, 4.69) is 38.2 Å². The molecule has 0 fully saturated rings. The van der Waals surface area contributed by atoms with Gasteiger partial charge in [0.1, 0.15) is 5.70 Å². The van der Waals surface area contributed by atoms with E-state index in [0.717, 1.165) is 10.6 Å². The number of amides is 2. The van der Waals surface area contributed by atoms with E-state index in [1.165, 1.54) is 21.8 Å². The maximum absolute atomic E-state index is 12.9. The lowest BCUT2D eigenvalue weighted by atomic mass is 9.87. The fourth-order valence-electron chi connectivity index (χ4n) is 2.98. The highest BCUT2D eigenvalue weighted by Gasteiger charge is 2.40. The first kappa shape index (κ1) is 18.4. The number of imide groups is 1. The lowest BCUT2D eigenvalue weighted by molar-refractivity contribution is -0.138. The molecule has 2 aromatic rings. The van der Waals surface area contributed by atoms with E-state index in [4.69, 9.17) is 0 Å². The first-order valence-electron chi connectivity index (χ1n) is 8.73. The predicted octanol–water partition coefficient (Wildman–Crippen LogP) is 4.65. The van der Waals surface area contributed by atoms with Crippen molar-refractivity contribution in [2.24, 2.45) is 0 Å². The minimum Gasteiger partial charge on any atom is -0.350 e. The maximum atomic E-state index is 12.9. The summed E-state index contributed by atoms with van der Waals surface area (Å²) in [6.07, 6.45) is 0. The zero-order valence-corrected chi connectivity index (χ0v) is 16.6. The van der Waals surface area contributed by atoms with E-state index in [-0.39, 0.29) is 23.3 Å². The molecule has 4 nitrogen and oxygen atoms in total. The largest absolute Gasteiger partial charge is 0.350 e. The topological polar surface area (TPSA) is 49.4 Å². The van der Waals surface area contributed by atoms with Crippen LogP contribution in [0.3, 0.4) is 0 Å². The zero-order valence-electron chi connectivity index (χ0n) is 15.8. The molecule has 1 N–H and O–H groups in total. The van der Waals surface area contributed by atoms with Crippen molar-refractivity contribution >= 4 is 34.4 Å². The van der Waals surface area contributed by atoms with Crippen LogP contribution >= 0.6 is 11.3 Å². The van der Waals surface area contributed by atoms with Gasteiger partial charge in [0.15, 0.2) is 0 Å². The summed E-state index contributed by atoms with van der Waals surface area (Å²) in [6.45, 7) is 10.2. The summed E-state index contributed by atoms with van der Waals surface area (Å²) >= 11 is 1.46. The van der Waals surface area contributed by atoms with Gasteiger partial charge in [0.2, 0.25) is 0 Å². The van der Waals surface area contributed by atoms with Gasteiger partial charge >= 0.3 is 0 Å². The summed E-state index contributed by atoms with van der Waals surface area (Å²) in [4.78, 5) is 27.9. The van der Waals surface area contributed by atoms with E-state index >= 15 is 0 Å².